The van der Waals surface area contributed by atoms with E-state index in [1.807, 2.05) is 34.3 Å². The molecule has 0 nitrogen and oxygen atoms in total. The molecule has 0 saturated heterocycles. The van der Waals surface area contributed by atoms with Crippen LogP contribution in [0.3, 0.4) is 0 Å². The van der Waals surface area contributed by atoms with E-state index in [-0.39, 0.29) is 0 Å². The van der Waals surface area contributed by atoms with E-state index in [4.69, 9.17) is 0 Å². The summed E-state index contributed by atoms with van der Waals surface area (Å²) in [4.78, 5) is 0. The molecule has 0 aliphatic carbocycles. The minimum Gasteiger partial charge on any atom is -0.203 e. The van der Waals surface area contributed by atoms with Crippen LogP contribution in [0.25, 0.3) is 16.6 Å². The average Bonchev–Trinajstić information content (AvgIpc) is 2.32. The van der Waals surface area contributed by atoms with Gasteiger partial charge in [0.15, 0.2) is 9.66 Å². The molecule has 2 aromatic rings. The fourth-order valence-electron chi connectivity index (χ4n) is 1.79. The molecule has 0 N–H and O–H groups in total. The van der Waals surface area contributed by atoms with Gasteiger partial charge in [0.05, 0.1) is 0 Å². The van der Waals surface area contributed by atoms with Gasteiger partial charge in [-0.3, -0.25) is 0 Å². The Morgan fingerprint density at radius 1 is 0.938 bits per heavy atom. The Hall–Kier alpha value is -1.10. The van der Waals surface area contributed by atoms with E-state index in [0.717, 1.165) is 16.3 Å². The largest absolute Gasteiger partial charge is 0.203 e. The van der Waals surface area contributed by atoms with E-state index in [9.17, 15) is 8.78 Å². The van der Waals surface area contributed by atoms with Crippen molar-refractivity contribution in [2.75, 3.05) is 0 Å². The molecule has 0 spiro atoms. The van der Waals surface area contributed by atoms with Crippen LogP contribution in [0, 0.1) is 0 Å². The molecule has 1 aliphatic rings. The van der Waals surface area contributed by atoms with Crippen LogP contribution in [0.4, 0.5) is 8.78 Å². The molecule has 3 rings (SSSR count). The lowest BCUT2D eigenvalue weighted by molar-refractivity contribution is 0.663. The smallest absolute Gasteiger partial charge is 0.191 e. The van der Waals surface area contributed by atoms with Crippen LogP contribution in [0.15, 0.2) is 40.2 Å². The molecule has 0 fully saturated rings. The molecule has 3 heteroatoms. The number of benzene rings is 2. The maximum Gasteiger partial charge on any atom is 0.191 e. The molecule has 2 aromatic carbocycles. The first-order chi connectivity index (χ1) is 7.75. The molecule has 0 unspecified atom stereocenters. The number of hydrogen-bond donors (Lipinski definition) is 0. The van der Waals surface area contributed by atoms with Crippen molar-refractivity contribution in [3.8, 4) is 0 Å². The second kappa shape index (κ2) is 3.73. The van der Waals surface area contributed by atoms with Crippen molar-refractivity contribution in [2.24, 2.45) is 0 Å². The molecule has 80 valence electrons. The van der Waals surface area contributed by atoms with Crippen LogP contribution in [0.2, 0.25) is 0 Å². The van der Waals surface area contributed by atoms with Gasteiger partial charge in [0, 0.05) is 5.56 Å². The third-order valence-corrected chi connectivity index (χ3v) is 4.59. The predicted molar refractivity (Wildman–Crippen MR) is 72.3 cm³/mol. The third kappa shape index (κ3) is 1.50. The lowest BCUT2D eigenvalue weighted by Gasteiger charge is -2.10. The van der Waals surface area contributed by atoms with Crippen LogP contribution in [-0.4, -0.2) is 4.01 Å². The van der Waals surface area contributed by atoms with E-state index in [0.29, 0.717) is 5.56 Å². The fourth-order valence-corrected chi connectivity index (χ4v) is 3.48. The van der Waals surface area contributed by atoms with Gasteiger partial charge in [-0.05, 0) is 53.2 Å². The summed E-state index contributed by atoms with van der Waals surface area (Å²) in [7, 11) is 0. The Labute approximate surface area is 101 Å². The Bertz CT molecular complexity index is 641. The Morgan fingerprint density at radius 2 is 1.62 bits per heavy atom. The summed E-state index contributed by atoms with van der Waals surface area (Å²) in [5, 5.41) is 2.01. The van der Waals surface area contributed by atoms with Crippen molar-refractivity contribution >= 4 is 41.3 Å². The van der Waals surface area contributed by atoms with Gasteiger partial charge in [0.1, 0.15) is 0 Å². The molecule has 0 radical (unpaired) electrons. The normalized spacial score (nSPS) is 14.9. The summed E-state index contributed by atoms with van der Waals surface area (Å²) >= 11 is -0.921. The van der Waals surface area contributed by atoms with Gasteiger partial charge in [-0.2, -0.15) is 4.39 Å². The number of hydrogen-bond acceptors (Lipinski definition) is 0. The van der Waals surface area contributed by atoms with Crippen LogP contribution in [0.1, 0.15) is 11.1 Å². The summed E-state index contributed by atoms with van der Waals surface area (Å²) < 4.78 is 28.1. The first-order valence-electron chi connectivity index (χ1n) is 4.81. The molecule has 0 aromatic heterocycles. The van der Waals surface area contributed by atoms with Crippen molar-refractivity contribution < 1.29 is 8.78 Å². The summed E-state index contributed by atoms with van der Waals surface area (Å²) in [6.45, 7) is 0. The Morgan fingerprint density at radius 3 is 2.38 bits per heavy atom. The highest BCUT2D eigenvalue weighted by molar-refractivity contribution is 14.2. The van der Waals surface area contributed by atoms with Crippen molar-refractivity contribution in [3.05, 3.63) is 51.4 Å². The summed E-state index contributed by atoms with van der Waals surface area (Å²) in [6, 6.07) is 11.4. The molecule has 1 heterocycles. The minimum absolute atomic E-state index is 0.391. The molecular formula is C13H7F2I. The number of halogens is 3. The van der Waals surface area contributed by atoms with Crippen molar-refractivity contribution in [3.63, 3.8) is 0 Å². The maximum atomic E-state index is 13.6. The van der Waals surface area contributed by atoms with Crippen LogP contribution in [-0.2, 0) is 0 Å². The standard InChI is InChI=1S/C13H7F2I/c14-12-11-6-9-4-2-1-3-8(9)5-10(11)7-16-13(12)15/h1-7H. The first kappa shape index (κ1) is 10.1. The van der Waals surface area contributed by atoms with E-state index in [1.54, 1.807) is 6.07 Å². The summed E-state index contributed by atoms with van der Waals surface area (Å²) in [5.41, 5.74) is 1.22. The van der Waals surface area contributed by atoms with Gasteiger partial charge in [-0.25, -0.2) is 4.39 Å². The monoisotopic (exact) mass is 328 g/mol. The fraction of sp³-hybridized carbons (Fsp3) is 0. The maximum absolute atomic E-state index is 13.6. The second-order valence-corrected chi connectivity index (χ2v) is 5.77. The first-order valence-corrected chi connectivity index (χ1v) is 7.13. The van der Waals surface area contributed by atoms with E-state index in [2.05, 4.69) is 0 Å². The van der Waals surface area contributed by atoms with Gasteiger partial charge < -0.3 is 0 Å². The SMILES string of the molecule is FC1=C(F)c2cc3ccccc3cc2C=I1. The third-order valence-electron chi connectivity index (χ3n) is 2.59. The molecule has 0 amide bonds. The van der Waals surface area contributed by atoms with Crippen LogP contribution < -0.4 is 0 Å². The molecule has 0 saturated carbocycles. The zero-order valence-electron chi connectivity index (χ0n) is 8.18. The van der Waals surface area contributed by atoms with Crippen molar-refractivity contribution in [1.29, 1.82) is 0 Å². The van der Waals surface area contributed by atoms with Gasteiger partial charge in [-0.15, -0.1) is 0 Å². The van der Waals surface area contributed by atoms with E-state index < -0.39 is 30.4 Å². The molecule has 0 atom stereocenters. The lowest BCUT2D eigenvalue weighted by atomic mass is 10.0. The second-order valence-electron chi connectivity index (χ2n) is 3.58. The molecule has 16 heavy (non-hydrogen) atoms. The summed E-state index contributed by atoms with van der Waals surface area (Å²) in [5.74, 6) is -0.670. The van der Waals surface area contributed by atoms with E-state index >= 15 is 0 Å². The molecular weight excluding hydrogens is 321 g/mol. The zero-order valence-corrected chi connectivity index (χ0v) is 10.3. The van der Waals surface area contributed by atoms with Gasteiger partial charge in [0.2, 0.25) is 0 Å². The topological polar surface area (TPSA) is 0 Å². The number of rotatable bonds is 0. The van der Waals surface area contributed by atoms with Gasteiger partial charge >= 0.3 is 0 Å². The lowest BCUT2D eigenvalue weighted by Crippen LogP contribution is -1.93. The van der Waals surface area contributed by atoms with Crippen LogP contribution in [0.5, 0.6) is 0 Å². The highest BCUT2D eigenvalue weighted by Gasteiger charge is 2.16. The quantitative estimate of drug-likeness (QED) is 0.623. The van der Waals surface area contributed by atoms with Crippen molar-refractivity contribution in [1.82, 2.24) is 0 Å². The van der Waals surface area contributed by atoms with Crippen LogP contribution >= 0.6 is 20.7 Å². The zero-order chi connectivity index (χ0) is 11.1. The van der Waals surface area contributed by atoms with Gasteiger partial charge in [-0.1, -0.05) is 24.3 Å². The predicted octanol–water partition coefficient (Wildman–Crippen LogP) is 4.54. The minimum atomic E-state index is -0.921. The van der Waals surface area contributed by atoms with Crippen molar-refractivity contribution in [2.45, 2.75) is 0 Å². The highest BCUT2D eigenvalue weighted by Crippen LogP contribution is 2.36. The average molecular weight is 328 g/mol. The Balaban J connectivity index is 2.38. The van der Waals surface area contributed by atoms with Gasteiger partial charge in [0.25, 0.3) is 0 Å². The van der Waals surface area contributed by atoms with E-state index in [1.165, 1.54) is 0 Å². The summed E-state index contributed by atoms with van der Waals surface area (Å²) in [6.07, 6.45) is 0. The molecule has 1 aliphatic heterocycles. The molecule has 0 bridgehead atoms. The highest BCUT2D eigenvalue weighted by atomic mass is 127. The number of fused-ring (bicyclic) bond motifs is 2. The Kier molecular flexibility index (Phi) is 2.35.